The van der Waals surface area contributed by atoms with Gasteiger partial charge in [-0.3, -0.25) is 9.98 Å². The molecule has 4 aliphatic heterocycles. The number of hydrogen-bond donors (Lipinski definition) is 0. The summed E-state index contributed by atoms with van der Waals surface area (Å²) in [5.41, 5.74) is -1.17. The molecule has 0 saturated heterocycles. The Hall–Kier alpha value is -5.82. The van der Waals surface area contributed by atoms with Crippen LogP contribution in [0.3, 0.4) is 0 Å². The Kier molecular flexibility index (Phi) is 9.88. The fourth-order valence-corrected chi connectivity index (χ4v) is 7.45. The van der Waals surface area contributed by atoms with Crippen molar-refractivity contribution in [2.24, 2.45) is 20.0 Å². The maximum atomic E-state index is 13.7. The van der Waals surface area contributed by atoms with Crippen LogP contribution in [0.25, 0.3) is 0 Å². The van der Waals surface area contributed by atoms with Gasteiger partial charge in [-0.15, -0.1) is 0 Å². The Morgan fingerprint density at radius 1 is 0.435 bits per heavy atom. The summed E-state index contributed by atoms with van der Waals surface area (Å²) in [6.45, 7) is 30.4. The second-order valence-corrected chi connectivity index (χ2v) is 21.1. The van der Waals surface area contributed by atoms with Crippen LogP contribution in [-0.4, -0.2) is 87.3 Å². The highest BCUT2D eigenvalue weighted by Crippen LogP contribution is 2.42. The number of nitrogens with zero attached hydrogens (tertiary/aromatic N) is 8. The topological polar surface area (TPSA) is 142 Å². The monoisotopic (exact) mass is 834 g/mol. The van der Waals surface area contributed by atoms with Crippen molar-refractivity contribution >= 4 is 23.3 Å². The first-order valence-electron chi connectivity index (χ1n) is 21.1. The first-order valence-corrected chi connectivity index (χ1v) is 21.1. The van der Waals surface area contributed by atoms with Gasteiger partial charge in [0.2, 0.25) is 0 Å². The molecular formula is C50H58N8O4. The third kappa shape index (κ3) is 6.79. The lowest BCUT2D eigenvalue weighted by Gasteiger charge is -2.45. The van der Waals surface area contributed by atoms with Gasteiger partial charge >= 0.3 is 11.7 Å². The standard InChI is InChI=1S/C50H58N8O4/c1-43(2)47(9,10)55(59)39(51-43)35-25-33(26-36(29-35)40-52-44(3,4)48(11,12)56(40)60)22-20-31-18-17-19-32(24-31)21-23-34-27-37(41-53-45(5,6)49(13,14)57(41)61)30-38(28-34)42-54-46(7,8)50(15,16)58(42)62/h17-19,24-30H,1-16H3. The number of amidine groups is 4. The summed E-state index contributed by atoms with van der Waals surface area (Å²) in [7, 11) is 0. The molecule has 0 unspecified atom stereocenters. The summed E-state index contributed by atoms with van der Waals surface area (Å²) in [4.78, 5) is 46.9. The van der Waals surface area contributed by atoms with Gasteiger partial charge in [-0.2, -0.15) is 0 Å². The largest absolute Gasteiger partial charge is 0.757 e. The molecule has 3 aromatic rings. The second kappa shape index (κ2) is 13.8. The van der Waals surface area contributed by atoms with Crippen molar-refractivity contribution in [1.82, 2.24) is 10.1 Å². The molecule has 0 aromatic heterocycles. The zero-order valence-electron chi connectivity index (χ0n) is 39.0. The lowest BCUT2D eigenvalue weighted by Crippen LogP contribution is -2.50. The van der Waals surface area contributed by atoms with E-state index in [1.165, 1.54) is 0 Å². The molecule has 0 saturated carbocycles. The van der Waals surface area contributed by atoms with Crippen molar-refractivity contribution in [3.05, 3.63) is 125 Å². The molecule has 0 amide bonds. The Morgan fingerprint density at radius 2 is 0.758 bits per heavy atom. The highest BCUT2D eigenvalue weighted by atomic mass is 16.5. The van der Waals surface area contributed by atoms with E-state index in [0.29, 0.717) is 44.5 Å². The van der Waals surface area contributed by atoms with Crippen LogP contribution in [0.5, 0.6) is 0 Å². The predicted molar refractivity (Wildman–Crippen MR) is 248 cm³/mol. The van der Waals surface area contributed by atoms with Gasteiger partial charge in [0.05, 0.1) is 22.2 Å². The zero-order chi connectivity index (χ0) is 46.0. The van der Waals surface area contributed by atoms with Crippen LogP contribution in [0.1, 0.15) is 155 Å². The molecular weight excluding hydrogens is 777 g/mol. The Balaban J connectivity index is 1.28. The number of rotatable bonds is 4. The van der Waals surface area contributed by atoms with Crippen molar-refractivity contribution in [2.45, 2.75) is 155 Å². The minimum atomic E-state index is -0.808. The first kappa shape index (κ1) is 44.2. The summed E-state index contributed by atoms with van der Waals surface area (Å²) < 4.78 is 1.89. The van der Waals surface area contributed by atoms with Gasteiger partial charge < -0.3 is 20.5 Å². The van der Waals surface area contributed by atoms with Gasteiger partial charge in [-0.25, -0.2) is 0 Å². The van der Waals surface area contributed by atoms with E-state index in [2.05, 4.69) is 23.7 Å². The number of hydrogen-bond acceptors (Lipinski definition) is 10. The van der Waals surface area contributed by atoms with Crippen molar-refractivity contribution < 1.29 is 9.52 Å². The summed E-state index contributed by atoms with van der Waals surface area (Å²) in [5.74, 6) is 14.2. The molecule has 322 valence electrons. The number of nitroso groups, excluding NO2 is 2. The first-order chi connectivity index (χ1) is 28.3. The van der Waals surface area contributed by atoms with Crippen LogP contribution in [0.4, 0.5) is 0 Å². The molecule has 0 spiro atoms. The number of aliphatic imine (C=N–C) groups is 4. The van der Waals surface area contributed by atoms with Gasteiger partial charge in [0.15, 0.2) is 22.2 Å². The van der Waals surface area contributed by atoms with E-state index in [1.54, 1.807) is 12.1 Å². The quantitative estimate of drug-likeness (QED) is 0.190. The zero-order valence-corrected chi connectivity index (χ0v) is 39.0. The normalized spacial score (nSPS) is 22.9. The number of benzene rings is 3. The lowest BCUT2D eigenvalue weighted by atomic mass is 9.84. The highest BCUT2D eigenvalue weighted by Gasteiger charge is 2.60. The third-order valence-corrected chi connectivity index (χ3v) is 14.8. The van der Waals surface area contributed by atoms with Crippen molar-refractivity contribution in [1.29, 1.82) is 0 Å². The van der Waals surface area contributed by atoms with Crippen LogP contribution >= 0.6 is 0 Å². The molecule has 62 heavy (non-hydrogen) atoms. The molecule has 3 aromatic carbocycles. The Morgan fingerprint density at radius 3 is 1.05 bits per heavy atom. The SMILES string of the molecule is CC1(C)N=C(c2cc(C#Cc3cccc(C#Cc4cc(C5=NC(C)(C)C(C)(C)N5[O-])cc(C5=NC(C)(C)C(C)(C)[N+]5=O)c4)c3)cc(C3=NC(C)(C)C(C)(C)[N+]3=O)c2)N([O-])C1(C)C. The van der Waals surface area contributed by atoms with E-state index in [1.807, 2.05) is 159 Å². The fourth-order valence-electron chi connectivity index (χ4n) is 7.45. The van der Waals surface area contributed by atoms with Crippen LogP contribution in [0, 0.1) is 43.9 Å². The van der Waals surface area contributed by atoms with Gasteiger partial charge in [-0.1, -0.05) is 49.5 Å². The molecule has 0 aliphatic carbocycles. The molecule has 0 radical (unpaired) electrons. The van der Waals surface area contributed by atoms with Crippen molar-refractivity contribution in [3.8, 4) is 23.7 Å². The summed E-state index contributed by atoms with van der Waals surface area (Å²) >= 11 is 0. The van der Waals surface area contributed by atoms with E-state index < -0.39 is 44.3 Å². The van der Waals surface area contributed by atoms with Crippen molar-refractivity contribution in [2.75, 3.05) is 0 Å². The van der Waals surface area contributed by atoms with E-state index in [0.717, 1.165) is 19.6 Å². The van der Waals surface area contributed by atoms with Gasteiger partial charge in [0.1, 0.15) is 11.7 Å². The molecule has 4 aliphatic rings. The Labute approximate surface area is 366 Å². The lowest BCUT2D eigenvalue weighted by molar-refractivity contribution is -0.514. The average molecular weight is 835 g/mol. The maximum Gasteiger partial charge on any atom is 0.364 e. The van der Waals surface area contributed by atoms with Gasteiger partial charge in [0.25, 0.3) is 0 Å². The van der Waals surface area contributed by atoms with E-state index >= 15 is 0 Å². The molecule has 0 N–H and O–H groups in total. The summed E-state index contributed by atoms with van der Waals surface area (Å²) in [6, 6.07) is 18.4. The fraction of sp³-hybridized carbons (Fsp3) is 0.480. The molecule has 4 heterocycles. The molecule has 0 fully saturated rings. The Bertz CT molecular complexity index is 2550. The minimum absolute atomic E-state index is 0.273. The summed E-state index contributed by atoms with van der Waals surface area (Å²) in [6.07, 6.45) is 0. The maximum absolute atomic E-state index is 13.7. The third-order valence-electron chi connectivity index (χ3n) is 14.8. The van der Waals surface area contributed by atoms with E-state index in [9.17, 15) is 20.2 Å². The van der Waals surface area contributed by atoms with E-state index in [4.69, 9.17) is 20.0 Å². The van der Waals surface area contributed by atoms with Crippen LogP contribution in [-0.2, 0) is 0 Å². The average Bonchev–Trinajstić information content (AvgIpc) is 3.62. The molecule has 12 heteroatoms. The minimum Gasteiger partial charge on any atom is -0.757 e. The van der Waals surface area contributed by atoms with Gasteiger partial charge in [0, 0.05) is 44.5 Å². The van der Waals surface area contributed by atoms with Crippen molar-refractivity contribution in [3.63, 3.8) is 0 Å². The molecule has 12 nitrogen and oxygen atoms in total. The number of hydroxylamine groups is 4. The second-order valence-electron chi connectivity index (χ2n) is 21.1. The highest BCUT2D eigenvalue weighted by molar-refractivity contribution is 6.05. The summed E-state index contributed by atoms with van der Waals surface area (Å²) in [5, 5.41) is 29.4. The molecule has 7 rings (SSSR count). The predicted octanol–water partition coefficient (Wildman–Crippen LogP) is 8.91. The molecule has 0 bridgehead atoms. The van der Waals surface area contributed by atoms with Crippen LogP contribution in [0.15, 0.2) is 80.6 Å². The van der Waals surface area contributed by atoms with Crippen LogP contribution in [0.2, 0.25) is 0 Å². The van der Waals surface area contributed by atoms with Gasteiger partial charge in [-0.05, 0) is 175 Å². The smallest absolute Gasteiger partial charge is 0.364 e. The van der Waals surface area contributed by atoms with E-state index in [-0.39, 0.29) is 23.3 Å². The van der Waals surface area contributed by atoms with Crippen LogP contribution < -0.4 is 0 Å². The molecule has 0 atom stereocenters.